The van der Waals surface area contributed by atoms with E-state index < -0.39 is 0 Å². The predicted octanol–water partition coefficient (Wildman–Crippen LogP) is 2.83. The van der Waals surface area contributed by atoms with Gasteiger partial charge in [-0.1, -0.05) is 12.1 Å². The SMILES string of the molecule is C/N=C(\CC/C(=N\C)c1cccc(O)c1O)c1cccc(O)c1O. The maximum absolute atomic E-state index is 9.98. The van der Waals surface area contributed by atoms with Crippen molar-refractivity contribution in [2.75, 3.05) is 14.1 Å². The molecule has 0 unspecified atom stereocenters. The van der Waals surface area contributed by atoms with Crippen LogP contribution in [0.5, 0.6) is 23.0 Å². The minimum absolute atomic E-state index is 0.205. The summed E-state index contributed by atoms with van der Waals surface area (Å²) in [4.78, 5) is 8.36. The lowest BCUT2D eigenvalue weighted by Crippen LogP contribution is -2.08. The van der Waals surface area contributed by atoms with Crippen molar-refractivity contribution in [3.8, 4) is 23.0 Å². The molecular weight excluding hydrogens is 308 g/mol. The van der Waals surface area contributed by atoms with Gasteiger partial charge in [0.1, 0.15) is 0 Å². The minimum Gasteiger partial charge on any atom is -0.504 e. The molecule has 24 heavy (non-hydrogen) atoms. The van der Waals surface area contributed by atoms with E-state index in [1.165, 1.54) is 12.1 Å². The maximum atomic E-state index is 9.98. The van der Waals surface area contributed by atoms with Gasteiger partial charge in [0.2, 0.25) is 0 Å². The molecule has 2 rings (SSSR count). The molecule has 0 saturated carbocycles. The fourth-order valence-electron chi connectivity index (χ4n) is 2.50. The molecular formula is C18H20N2O4. The van der Waals surface area contributed by atoms with Crippen molar-refractivity contribution in [1.29, 1.82) is 0 Å². The van der Waals surface area contributed by atoms with E-state index in [0.29, 0.717) is 35.4 Å². The molecule has 4 N–H and O–H groups in total. The third-order valence-corrected chi connectivity index (χ3v) is 3.79. The average Bonchev–Trinajstić information content (AvgIpc) is 2.58. The lowest BCUT2D eigenvalue weighted by molar-refractivity contribution is 0.403. The van der Waals surface area contributed by atoms with Crippen molar-refractivity contribution in [3.63, 3.8) is 0 Å². The summed E-state index contributed by atoms with van der Waals surface area (Å²) in [5.74, 6) is -0.839. The van der Waals surface area contributed by atoms with Crippen molar-refractivity contribution in [1.82, 2.24) is 0 Å². The summed E-state index contributed by atoms with van der Waals surface area (Å²) < 4.78 is 0. The Hall–Kier alpha value is -3.02. The van der Waals surface area contributed by atoms with E-state index in [9.17, 15) is 20.4 Å². The van der Waals surface area contributed by atoms with Crippen LogP contribution in [0.3, 0.4) is 0 Å². The molecule has 0 radical (unpaired) electrons. The van der Waals surface area contributed by atoms with E-state index >= 15 is 0 Å². The van der Waals surface area contributed by atoms with Crippen LogP contribution in [-0.4, -0.2) is 45.9 Å². The summed E-state index contributed by atoms with van der Waals surface area (Å²) in [6.45, 7) is 0. The van der Waals surface area contributed by atoms with E-state index in [2.05, 4.69) is 9.98 Å². The molecule has 2 aromatic carbocycles. The Morgan fingerprint density at radius 2 is 1.08 bits per heavy atom. The number of hydrogen-bond acceptors (Lipinski definition) is 6. The smallest absolute Gasteiger partial charge is 0.166 e. The first kappa shape index (κ1) is 17.3. The van der Waals surface area contributed by atoms with Crippen LogP contribution >= 0.6 is 0 Å². The van der Waals surface area contributed by atoms with Crippen LogP contribution in [0.2, 0.25) is 0 Å². The topological polar surface area (TPSA) is 106 Å². The molecule has 0 spiro atoms. The molecule has 0 amide bonds. The third-order valence-electron chi connectivity index (χ3n) is 3.79. The molecule has 0 aliphatic carbocycles. The zero-order valence-corrected chi connectivity index (χ0v) is 13.6. The number of phenols is 4. The highest BCUT2D eigenvalue weighted by Gasteiger charge is 2.15. The molecule has 0 aliphatic rings. The van der Waals surface area contributed by atoms with Crippen LogP contribution in [-0.2, 0) is 0 Å². The molecule has 0 aliphatic heterocycles. The summed E-state index contributed by atoms with van der Waals surface area (Å²) in [6.07, 6.45) is 0.880. The van der Waals surface area contributed by atoms with Crippen molar-refractivity contribution in [3.05, 3.63) is 47.5 Å². The number of rotatable bonds is 5. The minimum atomic E-state index is -0.215. The second-order valence-corrected chi connectivity index (χ2v) is 5.19. The number of nitrogens with zero attached hydrogens (tertiary/aromatic N) is 2. The Kier molecular flexibility index (Phi) is 5.42. The summed E-state index contributed by atoms with van der Waals surface area (Å²) in [5, 5.41) is 39.2. The highest BCUT2D eigenvalue weighted by Crippen LogP contribution is 2.32. The van der Waals surface area contributed by atoms with Crippen molar-refractivity contribution >= 4 is 11.4 Å². The molecule has 0 heterocycles. The quantitative estimate of drug-likeness (QED) is 0.500. The van der Waals surface area contributed by atoms with Crippen LogP contribution in [0.15, 0.2) is 46.4 Å². The summed E-state index contributed by atoms with van der Waals surface area (Å²) >= 11 is 0. The van der Waals surface area contributed by atoms with Crippen LogP contribution in [0.4, 0.5) is 0 Å². The Bertz CT molecular complexity index is 730. The van der Waals surface area contributed by atoms with Gasteiger partial charge in [-0.15, -0.1) is 0 Å². The van der Waals surface area contributed by atoms with Crippen LogP contribution in [0.1, 0.15) is 24.0 Å². The van der Waals surface area contributed by atoms with Crippen molar-refractivity contribution < 1.29 is 20.4 Å². The van der Waals surface area contributed by atoms with Crippen molar-refractivity contribution in [2.24, 2.45) is 9.98 Å². The van der Waals surface area contributed by atoms with Gasteiger partial charge in [0.25, 0.3) is 0 Å². The molecule has 0 saturated heterocycles. The lowest BCUT2D eigenvalue weighted by atomic mass is 9.98. The van der Waals surface area contributed by atoms with E-state index in [1.807, 2.05) is 0 Å². The molecule has 6 nitrogen and oxygen atoms in total. The Balaban J connectivity index is 2.24. The Morgan fingerprint density at radius 1 is 0.708 bits per heavy atom. The van der Waals surface area contributed by atoms with Gasteiger partial charge >= 0.3 is 0 Å². The Morgan fingerprint density at radius 3 is 1.42 bits per heavy atom. The largest absolute Gasteiger partial charge is 0.504 e. The molecule has 126 valence electrons. The zero-order chi connectivity index (χ0) is 17.7. The van der Waals surface area contributed by atoms with Gasteiger partial charge in [0.15, 0.2) is 23.0 Å². The number of hydrogen-bond donors (Lipinski definition) is 4. The maximum Gasteiger partial charge on any atom is 0.166 e. The fourth-order valence-corrected chi connectivity index (χ4v) is 2.50. The number of aliphatic imine (C=N–C) groups is 2. The molecule has 0 bridgehead atoms. The van der Waals surface area contributed by atoms with Gasteiger partial charge in [-0.25, -0.2) is 0 Å². The van der Waals surface area contributed by atoms with Gasteiger partial charge in [-0.2, -0.15) is 0 Å². The van der Waals surface area contributed by atoms with Crippen LogP contribution < -0.4 is 0 Å². The van der Waals surface area contributed by atoms with Gasteiger partial charge in [0, 0.05) is 36.6 Å². The van der Waals surface area contributed by atoms with E-state index in [4.69, 9.17) is 0 Å². The number of phenolic OH excluding ortho intramolecular Hbond substituents is 4. The molecule has 0 aromatic heterocycles. The van der Waals surface area contributed by atoms with E-state index in [0.717, 1.165) is 0 Å². The number of para-hydroxylation sites is 2. The van der Waals surface area contributed by atoms with Gasteiger partial charge in [-0.3, -0.25) is 9.98 Å². The van der Waals surface area contributed by atoms with Gasteiger partial charge in [0.05, 0.1) is 0 Å². The monoisotopic (exact) mass is 328 g/mol. The first-order valence-electron chi connectivity index (χ1n) is 7.43. The second-order valence-electron chi connectivity index (χ2n) is 5.19. The lowest BCUT2D eigenvalue weighted by Gasteiger charge is -2.12. The second kappa shape index (κ2) is 7.50. The summed E-state index contributed by atoms with van der Waals surface area (Å²) in [7, 11) is 3.21. The average molecular weight is 328 g/mol. The first-order chi connectivity index (χ1) is 11.5. The van der Waals surface area contributed by atoms with Gasteiger partial charge in [-0.05, 0) is 37.1 Å². The molecule has 2 aromatic rings. The van der Waals surface area contributed by atoms with Crippen molar-refractivity contribution in [2.45, 2.75) is 12.8 Å². The summed E-state index contributed by atoms with van der Waals surface area (Å²) in [6, 6.07) is 9.40. The highest BCUT2D eigenvalue weighted by atomic mass is 16.3. The Labute approximate surface area is 140 Å². The molecule has 6 heteroatoms. The zero-order valence-electron chi connectivity index (χ0n) is 13.6. The number of aromatic hydroxyl groups is 4. The summed E-state index contributed by atoms with van der Waals surface area (Å²) in [5.41, 5.74) is 2.11. The fraction of sp³-hybridized carbons (Fsp3) is 0.222. The third kappa shape index (κ3) is 3.48. The van der Waals surface area contributed by atoms with E-state index in [-0.39, 0.29) is 23.0 Å². The van der Waals surface area contributed by atoms with Gasteiger partial charge < -0.3 is 20.4 Å². The van der Waals surface area contributed by atoms with Crippen LogP contribution in [0.25, 0.3) is 0 Å². The molecule has 0 fully saturated rings. The first-order valence-corrected chi connectivity index (χ1v) is 7.43. The molecule has 0 atom stereocenters. The highest BCUT2D eigenvalue weighted by molar-refractivity contribution is 6.08. The predicted molar refractivity (Wildman–Crippen MR) is 93.7 cm³/mol. The van der Waals surface area contributed by atoms with E-state index in [1.54, 1.807) is 38.4 Å². The standard InChI is InChI=1S/C18H20N2O4/c1-19-13(11-5-3-7-15(21)17(11)23)9-10-14(20-2)12-6-4-8-16(22)18(12)24/h3-8,21-24H,9-10H2,1-2H3/b19-13+,20-14+. The normalized spacial score (nSPS) is 12.4. The van der Waals surface area contributed by atoms with Crippen LogP contribution in [0, 0.1) is 0 Å². The number of benzene rings is 2.